The first-order chi connectivity index (χ1) is 13.9. The molecule has 2 unspecified atom stereocenters. The Morgan fingerprint density at radius 2 is 1.93 bits per heavy atom. The lowest BCUT2D eigenvalue weighted by atomic mass is 9.92. The van der Waals surface area contributed by atoms with Crippen LogP contribution < -0.4 is 10.5 Å². The monoisotopic (exact) mass is 453 g/mol. The summed E-state index contributed by atoms with van der Waals surface area (Å²) in [6, 6.07) is 4.07. The number of phosphoric ester groups is 1. The van der Waals surface area contributed by atoms with Crippen molar-refractivity contribution in [2.24, 2.45) is 5.73 Å². The molecule has 30 heavy (non-hydrogen) atoms. The second kappa shape index (κ2) is 10.5. The number of halogens is 3. The normalized spacial score (nSPS) is 22.4. The third kappa shape index (κ3) is 7.85. The predicted molar refractivity (Wildman–Crippen MR) is 107 cm³/mol. The van der Waals surface area contributed by atoms with Crippen molar-refractivity contribution in [1.29, 1.82) is 0 Å². The lowest BCUT2D eigenvalue weighted by molar-refractivity contribution is -0.139. The van der Waals surface area contributed by atoms with Crippen LogP contribution in [0, 0.1) is 0 Å². The third-order valence-electron chi connectivity index (χ3n) is 5.45. The summed E-state index contributed by atoms with van der Waals surface area (Å²) in [5.41, 5.74) is 4.84. The van der Waals surface area contributed by atoms with Crippen molar-refractivity contribution in [3.63, 3.8) is 0 Å². The molecule has 1 aliphatic carbocycles. The van der Waals surface area contributed by atoms with Gasteiger partial charge in [-0.05, 0) is 49.3 Å². The number of rotatable bonds is 11. The zero-order valence-corrected chi connectivity index (χ0v) is 18.1. The molecule has 1 aromatic carbocycles. The Kier molecular flexibility index (Phi) is 8.77. The lowest BCUT2D eigenvalue weighted by Gasteiger charge is -2.24. The van der Waals surface area contributed by atoms with E-state index < -0.39 is 25.1 Å². The Morgan fingerprint density at radius 3 is 2.57 bits per heavy atom. The second-order valence-corrected chi connectivity index (χ2v) is 9.32. The van der Waals surface area contributed by atoms with Crippen molar-refractivity contribution >= 4 is 7.82 Å². The number of alkyl halides is 3. The van der Waals surface area contributed by atoms with Gasteiger partial charge in [0.1, 0.15) is 5.75 Å². The number of nitrogens with two attached hydrogens (primary N) is 1. The van der Waals surface area contributed by atoms with E-state index in [-0.39, 0.29) is 31.3 Å². The predicted octanol–water partition coefficient (Wildman–Crippen LogP) is 5.13. The maximum Gasteiger partial charge on any atom is 0.469 e. The van der Waals surface area contributed by atoms with Gasteiger partial charge < -0.3 is 20.3 Å². The molecule has 2 rings (SSSR count). The molecule has 0 spiro atoms. The number of hydrogen-bond acceptors (Lipinski definition) is 4. The maximum atomic E-state index is 13.6. The molecule has 2 atom stereocenters. The topological polar surface area (TPSA) is 102 Å². The van der Waals surface area contributed by atoms with Gasteiger partial charge in [0.15, 0.2) is 0 Å². The van der Waals surface area contributed by atoms with Gasteiger partial charge in [0, 0.05) is 5.54 Å². The molecule has 6 nitrogen and oxygen atoms in total. The fourth-order valence-electron chi connectivity index (χ4n) is 3.82. The van der Waals surface area contributed by atoms with Gasteiger partial charge in [-0.1, -0.05) is 38.7 Å². The van der Waals surface area contributed by atoms with E-state index >= 15 is 0 Å². The highest BCUT2D eigenvalue weighted by Gasteiger charge is 2.40. The van der Waals surface area contributed by atoms with Crippen molar-refractivity contribution in [2.45, 2.75) is 75.9 Å². The fraction of sp³-hybridized carbons (Fsp3) is 0.700. The summed E-state index contributed by atoms with van der Waals surface area (Å²) < 4.78 is 61.6. The van der Waals surface area contributed by atoms with Crippen molar-refractivity contribution in [3.05, 3.63) is 29.3 Å². The van der Waals surface area contributed by atoms with Crippen LogP contribution in [-0.4, -0.2) is 28.5 Å². The van der Waals surface area contributed by atoms with Crippen LogP contribution in [0.25, 0.3) is 0 Å². The number of phosphoric acid groups is 1. The minimum absolute atomic E-state index is 0.177. The van der Waals surface area contributed by atoms with Gasteiger partial charge in [-0.15, -0.1) is 0 Å². The summed E-state index contributed by atoms with van der Waals surface area (Å²) in [5.74, 6) is -0.428. The van der Waals surface area contributed by atoms with Crippen LogP contribution in [-0.2, 0) is 15.3 Å². The van der Waals surface area contributed by atoms with E-state index in [1.54, 1.807) is 6.07 Å². The minimum atomic E-state index is -4.65. The van der Waals surface area contributed by atoms with E-state index in [0.717, 1.165) is 31.7 Å². The third-order valence-corrected chi connectivity index (χ3v) is 5.92. The van der Waals surface area contributed by atoms with E-state index in [9.17, 15) is 17.7 Å². The molecule has 1 saturated carbocycles. The van der Waals surface area contributed by atoms with Gasteiger partial charge in [0.2, 0.25) is 0 Å². The van der Waals surface area contributed by atoms with Crippen LogP contribution in [0.5, 0.6) is 5.75 Å². The first-order valence-corrected chi connectivity index (χ1v) is 11.8. The molecule has 0 saturated heterocycles. The smallest absolute Gasteiger partial charge is 0.469 e. The van der Waals surface area contributed by atoms with Crippen LogP contribution in [0.15, 0.2) is 18.2 Å². The van der Waals surface area contributed by atoms with Gasteiger partial charge in [-0.25, -0.2) is 4.57 Å². The van der Waals surface area contributed by atoms with E-state index in [2.05, 4.69) is 11.4 Å². The second-order valence-electron chi connectivity index (χ2n) is 8.08. The molecule has 4 N–H and O–H groups in total. The molecule has 0 radical (unpaired) electrons. The number of benzene rings is 1. The lowest BCUT2D eigenvalue weighted by Crippen LogP contribution is -2.41. The average Bonchev–Trinajstić information content (AvgIpc) is 3.04. The molecule has 0 heterocycles. The molecule has 0 aromatic heterocycles. The Morgan fingerprint density at radius 1 is 1.23 bits per heavy atom. The Hall–Kier alpha value is -1.12. The maximum absolute atomic E-state index is 13.6. The Balaban J connectivity index is 2.05. The van der Waals surface area contributed by atoms with Crippen LogP contribution in [0.3, 0.4) is 0 Å². The number of unbranched alkanes of at least 4 members (excludes halogenated alkanes) is 4. The van der Waals surface area contributed by atoms with E-state index in [4.69, 9.17) is 20.3 Å². The minimum Gasteiger partial charge on any atom is -0.493 e. The highest BCUT2D eigenvalue weighted by Crippen LogP contribution is 2.45. The van der Waals surface area contributed by atoms with Gasteiger partial charge in [0.05, 0.1) is 18.8 Å². The van der Waals surface area contributed by atoms with Crippen molar-refractivity contribution < 1.29 is 36.8 Å². The first kappa shape index (κ1) is 25.1. The van der Waals surface area contributed by atoms with Crippen molar-refractivity contribution in [1.82, 2.24) is 0 Å². The first-order valence-electron chi connectivity index (χ1n) is 10.3. The summed E-state index contributed by atoms with van der Waals surface area (Å²) >= 11 is 0. The Bertz CT molecular complexity index is 740. The quantitative estimate of drug-likeness (QED) is 0.317. The fourth-order valence-corrected chi connectivity index (χ4v) is 4.25. The summed E-state index contributed by atoms with van der Waals surface area (Å²) in [7, 11) is -4.65. The zero-order chi connectivity index (χ0) is 22.4. The molecule has 172 valence electrons. The highest BCUT2D eigenvalue weighted by molar-refractivity contribution is 7.46. The zero-order valence-electron chi connectivity index (χ0n) is 17.2. The molecule has 1 aromatic rings. The SMILES string of the molecule is CCCCCCCOc1ccc(C2CCC(N)(COP(=O)(O)O)C2)cc1C(F)(F)F. The molecule has 1 aliphatic rings. The summed E-state index contributed by atoms with van der Waals surface area (Å²) in [4.78, 5) is 17.7. The largest absolute Gasteiger partial charge is 0.493 e. The van der Waals surface area contributed by atoms with E-state index in [1.165, 1.54) is 6.07 Å². The average molecular weight is 453 g/mol. The van der Waals surface area contributed by atoms with E-state index in [1.807, 2.05) is 0 Å². The molecule has 0 aliphatic heterocycles. The van der Waals surface area contributed by atoms with E-state index in [0.29, 0.717) is 24.8 Å². The van der Waals surface area contributed by atoms with Gasteiger partial charge in [-0.3, -0.25) is 4.52 Å². The van der Waals surface area contributed by atoms with Crippen molar-refractivity contribution in [3.8, 4) is 5.75 Å². The van der Waals surface area contributed by atoms with Crippen LogP contribution >= 0.6 is 7.82 Å². The Labute approximate surface area is 175 Å². The molecular formula is C20H31F3NO5P. The molecular weight excluding hydrogens is 422 g/mol. The highest BCUT2D eigenvalue weighted by atomic mass is 31.2. The summed E-state index contributed by atoms with van der Waals surface area (Å²) in [6.45, 7) is 1.98. The van der Waals surface area contributed by atoms with Crippen LogP contribution in [0.1, 0.15) is 75.3 Å². The molecule has 1 fully saturated rings. The number of ether oxygens (including phenoxy) is 1. The summed E-state index contributed by atoms with van der Waals surface area (Å²) in [5, 5.41) is 0. The summed E-state index contributed by atoms with van der Waals surface area (Å²) in [6.07, 6.45) is 1.51. The van der Waals surface area contributed by atoms with Crippen LogP contribution in [0.4, 0.5) is 13.2 Å². The van der Waals surface area contributed by atoms with Gasteiger partial charge >= 0.3 is 14.0 Å². The van der Waals surface area contributed by atoms with Gasteiger partial charge in [0.25, 0.3) is 0 Å². The molecule has 0 amide bonds. The number of hydrogen-bond donors (Lipinski definition) is 3. The molecule has 0 bridgehead atoms. The standard InChI is InChI=1S/C20H31F3NO5P/c1-2-3-4-5-6-11-28-18-8-7-15(12-17(18)20(21,22)23)16-9-10-19(24,13-16)14-29-30(25,26)27/h7-8,12,16H,2-6,9-11,13-14,24H2,1H3,(H2,25,26,27). The van der Waals surface area contributed by atoms with Crippen LogP contribution in [0.2, 0.25) is 0 Å². The molecule has 10 heteroatoms. The van der Waals surface area contributed by atoms with Crippen molar-refractivity contribution in [2.75, 3.05) is 13.2 Å². The van der Waals surface area contributed by atoms with Gasteiger partial charge in [-0.2, -0.15) is 13.2 Å².